The largest absolute Gasteiger partial charge is 0.481 e. The van der Waals surface area contributed by atoms with Crippen molar-refractivity contribution in [3.8, 4) is 0 Å². The van der Waals surface area contributed by atoms with E-state index in [9.17, 15) is 9.59 Å². The highest BCUT2D eigenvalue weighted by molar-refractivity contribution is 5.77. The van der Waals surface area contributed by atoms with E-state index in [0.29, 0.717) is 11.0 Å². The fourth-order valence-corrected chi connectivity index (χ4v) is 2.08. The molecule has 2 N–H and O–H groups in total. The third-order valence-electron chi connectivity index (χ3n) is 2.78. The first-order chi connectivity index (χ1) is 8.28. The van der Waals surface area contributed by atoms with Crippen LogP contribution in [0.25, 0.3) is 0 Å². The zero-order chi connectivity index (χ0) is 13.8. The monoisotopic (exact) mass is 259 g/mol. The molecule has 0 amide bonds. The lowest BCUT2D eigenvalue weighted by Crippen LogP contribution is -2.45. The molecule has 1 saturated heterocycles. The number of carboxylic acids is 1. The Kier molecular flexibility index (Phi) is 5.10. The molecule has 6 heteroatoms. The average Bonchev–Trinajstić information content (AvgIpc) is 2.65. The van der Waals surface area contributed by atoms with Crippen LogP contribution >= 0.6 is 0 Å². The maximum absolute atomic E-state index is 11.8. The van der Waals surface area contributed by atoms with Gasteiger partial charge in [0.15, 0.2) is 6.10 Å². The number of hydrogen-bond donors (Lipinski definition) is 2. The van der Waals surface area contributed by atoms with Crippen molar-refractivity contribution in [2.24, 2.45) is 0 Å². The summed E-state index contributed by atoms with van der Waals surface area (Å²) < 4.78 is 5.88. The van der Waals surface area contributed by atoms with Crippen molar-refractivity contribution in [1.29, 1.82) is 0 Å². The molecule has 1 aliphatic rings. The van der Waals surface area contributed by atoms with Gasteiger partial charge in [-0.2, -0.15) is 0 Å². The molecule has 0 aliphatic carbocycles. The number of carbonyl (C=O) groups excluding carboxylic acids is 1. The van der Waals surface area contributed by atoms with Crippen LogP contribution in [0.3, 0.4) is 0 Å². The number of esters is 1. The number of carboxylic acid groups (broad SMARTS) is 1. The molecule has 0 aromatic rings. The summed E-state index contributed by atoms with van der Waals surface area (Å²) in [7, 11) is 5.82. The zero-order valence-corrected chi connectivity index (χ0v) is 11.3. The smallest absolute Gasteiger partial charge is 0.323 e. The van der Waals surface area contributed by atoms with Gasteiger partial charge < -0.3 is 19.6 Å². The number of quaternary nitrogens is 1. The van der Waals surface area contributed by atoms with Crippen molar-refractivity contribution in [3.63, 3.8) is 0 Å². The summed E-state index contributed by atoms with van der Waals surface area (Å²) in [5, 5.41) is 11.9. The molecule has 0 spiro atoms. The summed E-state index contributed by atoms with van der Waals surface area (Å²) >= 11 is 0. The lowest BCUT2D eigenvalue weighted by Gasteiger charge is -2.28. The van der Waals surface area contributed by atoms with Gasteiger partial charge in [0.1, 0.15) is 12.6 Å². The molecule has 6 nitrogen and oxygen atoms in total. The van der Waals surface area contributed by atoms with Crippen molar-refractivity contribution in [3.05, 3.63) is 0 Å². The maximum Gasteiger partial charge on any atom is 0.323 e. The third kappa shape index (κ3) is 5.46. The Hall–Kier alpha value is -1.14. The van der Waals surface area contributed by atoms with Crippen LogP contribution in [0.4, 0.5) is 0 Å². The molecular weight excluding hydrogens is 236 g/mol. The topological polar surface area (TPSA) is 75.6 Å². The standard InChI is InChI=1S/C12H22N2O4/c1-14(2,3)8-9(7-11(15)16)18-12(17)10-5-4-6-13-10/h9-10,13H,4-8H2,1-3H3/p+1/t9-,10-/m0/s1. The Morgan fingerprint density at radius 1 is 1.44 bits per heavy atom. The lowest BCUT2D eigenvalue weighted by molar-refractivity contribution is -0.873. The Balaban J connectivity index is 2.53. The molecule has 0 radical (unpaired) electrons. The van der Waals surface area contributed by atoms with E-state index < -0.39 is 12.1 Å². The molecule has 1 aliphatic heterocycles. The van der Waals surface area contributed by atoms with Crippen LogP contribution in [0, 0.1) is 0 Å². The molecule has 0 aromatic heterocycles. The molecule has 2 atom stereocenters. The fraction of sp³-hybridized carbons (Fsp3) is 0.833. The molecule has 0 bridgehead atoms. The van der Waals surface area contributed by atoms with Gasteiger partial charge in [-0.3, -0.25) is 9.59 Å². The van der Waals surface area contributed by atoms with Crippen LogP contribution in [-0.2, 0) is 14.3 Å². The van der Waals surface area contributed by atoms with E-state index in [2.05, 4.69) is 5.32 Å². The fourth-order valence-electron chi connectivity index (χ4n) is 2.08. The van der Waals surface area contributed by atoms with Crippen LogP contribution in [-0.4, -0.2) is 67.9 Å². The highest BCUT2D eigenvalue weighted by atomic mass is 16.5. The van der Waals surface area contributed by atoms with Crippen LogP contribution in [0.5, 0.6) is 0 Å². The minimum absolute atomic E-state index is 0.145. The van der Waals surface area contributed by atoms with E-state index in [1.54, 1.807) is 0 Å². The predicted molar refractivity (Wildman–Crippen MR) is 66.1 cm³/mol. The van der Waals surface area contributed by atoms with Crippen LogP contribution in [0.1, 0.15) is 19.3 Å². The maximum atomic E-state index is 11.8. The van der Waals surface area contributed by atoms with Gasteiger partial charge in [0.25, 0.3) is 0 Å². The van der Waals surface area contributed by atoms with E-state index in [1.807, 2.05) is 21.1 Å². The summed E-state index contributed by atoms with van der Waals surface area (Å²) in [5.74, 6) is -1.27. The van der Waals surface area contributed by atoms with Crippen molar-refractivity contribution in [1.82, 2.24) is 5.32 Å². The molecule has 1 fully saturated rings. The minimum Gasteiger partial charge on any atom is -0.481 e. The van der Waals surface area contributed by atoms with Gasteiger partial charge in [-0.15, -0.1) is 0 Å². The molecule has 0 unspecified atom stereocenters. The molecule has 104 valence electrons. The molecule has 1 rings (SSSR count). The van der Waals surface area contributed by atoms with Gasteiger partial charge >= 0.3 is 11.9 Å². The van der Waals surface area contributed by atoms with Crippen molar-refractivity contribution < 1.29 is 23.9 Å². The van der Waals surface area contributed by atoms with E-state index in [0.717, 1.165) is 19.4 Å². The summed E-state index contributed by atoms with van der Waals surface area (Å²) in [5.41, 5.74) is 0. The van der Waals surface area contributed by atoms with Gasteiger partial charge in [0.2, 0.25) is 0 Å². The Labute approximate surface area is 107 Å². The average molecular weight is 259 g/mol. The molecule has 0 saturated carbocycles. The second-order valence-electron chi connectivity index (χ2n) is 5.78. The van der Waals surface area contributed by atoms with Gasteiger partial charge in [-0.1, -0.05) is 0 Å². The number of aliphatic carboxylic acids is 1. The predicted octanol–water partition coefficient (Wildman–Crippen LogP) is -0.169. The van der Waals surface area contributed by atoms with Crippen molar-refractivity contribution in [2.45, 2.75) is 31.4 Å². The second-order valence-corrected chi connectivity index (χ2v) is 5.78. The number of carbonyl (C=O) groups is 2. The highest BCUT2D eigenvalue weighted by Gasteiger charge is 2.29. The molecular formula is C12H23N2O4+. The summed E-state index contributed by atoms with van der Waals surface area (Å²) in [6.45, 7) is 1.31. The summed E-state index contributed by atoms with van der Waals surface area (Å²) in [4.78, 5) is 22.6. The van der Waals surface area contributed by atoms with Crippen LogP contribution in [0.15, 0.2) is 0 Å². The van der Waals surface area contributed by atoms with Crippen molar-refractivity contribution in [2.75, 3.05) is 34.2 Å². The Morgan fingerprint density at radius 2 is 2.11 bits per heavy atom. The first kappa shape index (κ1) is 14.9. The van der Waals surface area contributed by atoms with Crippen LogP contribution in [0.2, 0.25) is 0 Å². The van der Waals surface area contributed by atoms with Crippen LogP contribution < -0.4 is 5.32 Å². The zero-order valence-electron chi connectivity index (χ0n) is 11.3. The third-order valence-corrected chi connectivity index (χ3v) is 2.78. The summed E-state index contributed by atoms with van der Waals surface area (Å²) in [6, 6.07) is -0.270. The van der Waals surface area contributed by atoms with Gasteiger partial charge in [0.05, 0.1) is 27.6 Å². The Morgan fingerprint density at radius 3 is 2.56 bits per heavy atom. The van der Waals surface area contributed by atoms with E-state index in [-0.39, 0.29) is 18.4 Å². The first-order valence-corrected chi connectivity index (χ1v) is 6.24. The quantitative estimate of drug-likeness (QED) is 0.512. The van der Waals surface area contributed by atoms with E-state index in [1.165, 1.54) is 0 Å². The molecule has 18 heavy (non-hydrogen) atoms. The normalized spacial score (nSPS) is 21.6. The van der Waals surface area contributed by atoms with Gasteiger partial charge in [0, 0.05) is 0 Å². The number of nitrogens with one attached hydrogen (secondary N) is 1. The first-order valence-electron chi connectivity index (χ1n) is 6.24. The highest BCUT2D eigenvalue weighted by Crippen LogP contribution is 2.11. The Bertz CT molecular complexity index is 306. The lowest BCUT2D eigenvalue weighted by atomic mass is 10.2. The number of likely N-dealkylation sites (N-methyl/N-ethyl adjacent to an activating group) is 1. The minimum atomic E-state index is -0.944. The van der Waals surface area contributed by atoms with Gasteiger partial charge in [-0.05, 0) is 19.4 Å². The number of ether oxygens (including phenoxy) is 1. The number of hydrogen-bond acceptors (Lipinski definition) is 4. The summed E-state index contributed by atoms with van der Waals surface area (Å²) in [6.07, 6.45) is 1.01. The van der Waals surface area contributed by atoms with E-state index >= 15 is 0 Å². The molecule has 0 aromatic carbocycles. The van der Waals surface area contributed by atoms with E-state index in [4.69, 9.17) is 9.84 Å². The van der Waals surface area contributed by atoms with Crippen molar-refractivity contribution >= 4 is 11.9 Å². The molecule has 1 heterocycles. The number of nitrogens with zero attached hydrogens (tertiary/aromatic N) is 1. The van der Waals surface area contributed by atoms with Gasteiger partial charge in [-0.25, -0.2) is 0 Å². The second kappa shape index (κ2) is 6.15. The number of rotatable bonds is 6. The SMILES string of the molecule is C[N+](C)(C)C[C@H](CC(=O)O)OC(=O)[C@@H]1CCCN1.